The molecule has 1 N–H and O–H groups in total. The molecule has 1 rings (SSSR count). The van der Waals surface area contributed by atoms with Crippen molar-refractivity contribution < 1.29 is 9.90 Å². The lowest BCUT2D eigenvalue weighted by Crippen LogP contribution is -1.91. The number of allylic oxidation sites excluding steroid dienone is 1. The molecule has 0 heterocycles. The maximum atomic E-state index is 10.1. The lowest BCUT2D eigenvalue weighted by molar-refractivity contribution is -0.131. The first-order valence-corrected chi connectivity index (χ1v) is 3.70. The normalized spacial score (nSPS) is 20.4. The van der Waals surface area contributed by atoms with Gasteiger partial charge in [-0.2, -0.15) is 0 Å². The smallest absolute Gasteiger partial charge is 0.327 e. The fraction of sp³-hybridized carbons (Fsp3) is 0.625. The average Bonchev–Trinajstić information content (AvgIpc) is 2.34. The molecule has 2 heteroatoms. The summed E-state index contributed by atoms with van der Waals surface area (Å²) >= 11 is 0. The molecular formula is C8H12O2. The van der Waals surface area contributed by atoms with Gasteiger partial charge < -0.3 is 5.11 Å². The molecule has 0 unspecified atom stereocenters. The van der Waals surface area contributed by atoms with Crippen molar-refractivity contribution >= 4 is 5.97 Å². The van der Waals surface area contributed by atoms with Crippen LogP contribution < -0.4 is 0 Å². The fourth-order valence-electron chi connectivity index (χ4n) is 1.37. The Bertz CT molecular complexity index is 143. The first kappa shape index (κ1) is 7.32. The first-order valence-electron chi connectivity index (χ1n) is 3.70. The van der Waals surface area contributed by atoms with E-state index >= 15 is 0 Å². The molecule has 0 aromatic carbocycles. The van der Waals surface area contributed by atoms with Crippen molar-refractivity contribution in [2.45, 2.75) is 25.7 Å². The molecule has 10 heavy (non-hydrogen) atoms. The highest BCUT2D eigenvalue weighted by Crippen LogP contribution is 2.25. The van der Waals surface area contributed by atoms with Crippen LogP contribution in [0.15, 0.2) is 12.2 Å². The van der Waals surface area contributed by atoms with Crippen LogP contribution in [0.2, 0.25) is 0 Å². The van der Waals surface area contributed by atoms with Gasteiger partial charge in [0, 0.05) is 6.08 Å². The van der Waals surface area contributed by atoms with Gasteiger partial charge in [-0.1, -0.05) is 18.9 Å². The Morgan fingerprint density at radius 1 is 1.40 bits per heavy atom. The van der Waals surface area contributed by atoms with E-state index in [9.17, 15) is 4.79 Å². The predicted octanol–water partition coefficient (Wildman–Crippen LogP) is 1.82. The van der Waals surface area contributed by atoms with Gasteiger partial charge in [-0.15, -0.1) is 0 Å². The third-order valence-electron chi connectivity index (χ3n) is 1.91. The Morgan fingerprint density at radius 3 is 2.50 bits per heavy atom. The van der Waals surface area contributed by atoms with Crippen LogP contribution in [0.3, 0.4) is 0 Å². The summed E-state index contributed by atoms with van der Waals surface area (Å²) in [4.78, 5) is 10.1. The Hall–Kier alpha value is -0.790. The van der Waals surface area contributed by atoms with Crippen molar-refractivity contribution in [2.75, 3.05) is 0 Å². The summed E-state index contributed by atoms with van der Waals surface area (Å²) < 4.78 is 0. The zero-order valence-electron chi connectivity index (χ0n) is 5.92. The minimum Gasteiger partial charge on any atom is -0.478 e. The van der Waals surface area contributed by atoms with Gasteiger partial charge >= 0.3 is 5.97 Å². The molecule has 0 aliphatic heterocycles. The van der Waals surface area contributed by atoms with Crippen LogP contribution in [0, 0.1) is 5.92 Å². The molecule has 0 atom stereocenters. The molecule has 1 aliphatic carbocycles. The van der Waals surface area contributed by atoms with E-state index in [1.807, 2.05) is 6.08 Å². The zero-order chi connectivity index (χ0) is 7.40. The molecule has 0 spiro atoms. The number of carbonyl (C=O) groups is 1. The van der Waals surface area contributed by atoms with Crippen LogP contribution >= 0.6 is 0 Å². The largest absolute Gasteiger partial charge is 0.478 e. The van der Waals surface area contributed by atoms with Crippen molar-refractivity contribution in [1.82, 2.24) is 0 Å². The molecule has 0 aromatic heterocycles. The van der Waals surface area contributed by atoms with Crippen LogP contribution in [0.5, 0.6) is 0 Å². The van der Waals surface area contributed by atoms with Crippen molar-refractivity contribution in [3.8, 4) is 0 Å². The first-order chi connectivity index (χ1) is 4.79. The summed E-state index contributed by atoms with van der Waals surface area (Å²) in [6.07, 6.45) is 7.93. The van der Waals surface area contributed by atoms with Crippen LogP contribution in [0.1, 0.15) is 25.7 Å². The minimum atomic E-state index is -0.827. The molecule has 1 fully saturated rings. The number of hydrogen-bond donors (Lipinski definition) is 1. The van der Waals surface area contributed by atoms with Crippen molar-refractivity contribution in [2.24, 2.45) is 5.92 Å². The standard InChI is InChI=1S/C8H12O2/c9-8(10)6-5-7-3-1-2-4-7/h5-7H,1-4H2,(H,9,10)/b6-5-. The quantitative estimate of drug-likeness (QED) is 0.594. The monoisotopic (exact) mass is 140 g/mol. The number of hydrogen-bond acceptors (Lipinski definition) is 1. The van der Waals surface area contributed by atoms with Gasteiger partial charge in [0.25, 0.3) is 0 Å². The maximum Gasteiger partial charge on any atom is 0.327 e. The van der Waals surface area contributed by atoms with Gasteiger partial charge in [-0.05, 0) is 18.8 Å². The summed E-state index contributed by atoms with van der Waals surface area (Å²) in [5.74, 6) is -0.289. The van der Waals surface area contributed by atoms with Gasteiger partial charge in [-0.3, -0.25) is 0 Å². The van der Waals surface area contributed by atoms with Gasteiger partial charge in [-0.25, -0.2) is 4.79 Å². The third-order valence-corrected chi connectivity index (χ3v) is 1.91. The predicted molar refractivity (Wildman–Crippen MR) is 38.7 cm³/mol. The fourth-order valence-corrected chi connectivity index (χ4v) is 1.37. The van der Waals surface area contributed by atoms with Crippen molar-refractivity contribution in [3.05, 3.63) is 12.2 Å². The molecular weight excluding hydrogens is 128 g/mol. The second-order valence-electron chi connectivity index (χ2n) is 2.74. The van der Waals surface area contributed by atoms with Crippen LogP contribution in [0.25, 0.3) is 0 Å². The Labute approximate surface area is 60.6 Å². The minimum absolute atomic E-state index is 0.538. The molecule has 0 aromatic rings. The molecule has 0 bridgehead atoms. The second-order valence-corrected chi connectivity index (χ2v) is 2.74. The average molecular weight is 140 g/mol. The van der Waals surface area contributed by atoms with E-state index in [0.29, 0.717) is 5.92 Å². The van der Waals surface area contributed by atoms with E-state index < -0.39 is 5.97 Å². The SMILES string of the molecule is O=C(O)/C=C\C1CCCC1. The van der Waals surface area contributed by atoms with E-state index in [0.717, 1.165) is 0 Å². The Morgan fingerprint density at radius 2 is 2.00 bits per heavy atom. The lowest BCUT2D eigenvalue weighted by Gasteiger charge is -1.96. The summed E-state index contributed by atoms with van der Waals surface area (Å²) in [7, 11) is 0. The van der Waals surface area contributed by atoms with Crippen molar-refractivity contribution in [1.29, 1.82) is 0 Å². The molecule has 0 saturated heterocycles. The van der Waals surface area contributed by atoms with Gasteiger partial charge in [0.05, 0.1) is 0 Å². The van der Waals surface area contributed by atoms with E-state index in [1.165, 1.54) is 31.8 Å². The highest BCUT2D eigenvalue weighted by atomic mass is 16.4. The molecule has 0 radical (unpaired) electrons. The third kappa shape index (κ3) is 2.21. The van der Waals surface area contributed by atoms with Crippen LogP contribution in [0.4, 0.5) is 0 Å². The zero-order valence-corrected chi connectivity index (χ0v) is 5.92. The molecule has 1 aliphatic rings. The Kier molecular flexibility index (Phi) is 2.49. The highest BCUT2D eigenvalue weighted by Gasteiger charge is 2.11. The Balaban J connectivity index is 2.29. The molecule has 2 nitrogen and oxygen atoms in total. The number of aliphatic carboxylic acids is 1. The van der Waals surface area contributed by atoms with Crippen LogP contribution in [-0.4, -0.2) is 11.1 Å². The maximum absolute atomic E-state index is 10.1. The number of carboxylic acid groups (broad SMARTS) is 1. The molecule has 0 amide bonds. The van der Waals surface area contributed by atoms with E-state index in [-0.39, 0.29) is 0 Å². The summed E-state index contributed by atoms with van der Waals surface area (Å²) in [5, 5.41) is 8.29. The number of carboxylic acids is 1. The van der Waals surface area contributed by atoms with E-state index in [4.69, 9.17) is 5.11 Å². The van der Waals surface area contributed by atoms with Gasteiger partial charge in [0.1, 0.15) is 0 Å². The van der Waals surface area contributed by atoms with Crippen LogP contribution in [-0.2, 0) is 4.79 Å². The molecule has 1 saturated carbocycles. The molecule has 56 valence electrons. The summed E-state index contributed by atoms with van der Waals surface area (Å²) in [5.41, 5.74) is 0. The second kappa shape index (κ2) is 3.40. The number of rotatable bonds is 2. The highest BCUT2D eigenvalue weighted by molar-refractivity contribution is 5.79. The summed E-state index contributed by atoms with van der Waals surface area (Å²) in [6, 6.07) is 0. The lowest BCUT2D eigenvalue weighted by atomic mass is 10.1. The van der Waals surface area contributed by atoms with Gasteiger partial charge in [0.15, 0.2) is 0 Å². The van der Waals surface area contributed by atoms with E-state index in [2.05, 4.69) is 0 Å². The summed E-state index contributed by atoms with van der Waals surface area (Å²) in [6.45, 7) is 0. The topological polar surface area (TPSA) is 37.3 Å². The van der Waals surface area contributed by atoms with E-state index in [1.54, 1.807) is 0 Å². The van der Waals surface area contributed by atoms with Gasteiger partial charge in [0.2, 0.25) is 0 Å². The van der Waals surface area contributed by atoms with Crippen molar-refractivity contribution in [3.63, 3.8) is 0 Å².